The second-order valence-corrected chi connectivity index (χ2v) is 4.37. The number of nitrogens with zero attached hydrogens (tertiary/aromatic N) is 1. The van der Waals surface area contributed by atoms with Crippen LogP contribution in [-0.2, 0) is 13.6 Å². The van der Waals surface area contributed by atoms with Gasteiger partial charge in [0.25, 0.3) is 0 Å². The van der Waals surface area contributed by atoms with Crippen molar-refractivity contribution in [2.24, 2.45) is 0 Å². The minimum absolute atomic E-state index is 0.0105. The van der Waals surface area contributed by atoms with E-state index in [4.69, 9.17) is 19.4 Å². The Morgan fingerprint density at radius 1 is 1.50 bits per heavy atom. The molecule has 0 unspecified atom stereocenters. The maximum Gasteiger partial charge on any atom is 0.361 e. The molecule has 0 rings (SSSR count). The maximum atomic E-state index is 11.9. The molecule has 6 heteroatoms. The predicted molar refractivity (Wildman–Crippen MR) is 51.8 cm³/mol. The first-order chi connectivity index (χ1) is 6.64. The van der Waals surface area contributed by atoms with E-state index in [1.807, 2.05) is 0 Å². The van der Waals surface area contributed by atoms with Gasteiger partial charge >= 0.3 is 7.60 Å². The topological polar surface area (TPSA) is 79.6 Å². The van der Waals surface area contributed by atoms with Gasteiger partial charge in [0, 0.05) is 0 Å². The van der Waals surface area contributed by atoms with Gasteiger partial charge in [-0.1, -0.05) is 0 Å². The molecule has 0 heterocycles. The first kappa shape index (κ1) is 13.2. The molecule has 0 saturated heterocycles. The van der Waals surface area contributed by atoms with Crippen molar-refractivity contribution in [3.05, 3.63) is 11.6 Å². The SMILES string of the molecule is CCOP(=O)(OCC)C(=CO)CC#N. The van der Waals surface area contributed by atoms with Crippen LogP contribution in [0, 0.1) is 11.3 Å². The molecule has 80 valence electrons. The number of hydrogen-bond acceptors (Lipinski definition) is 5. The van der Waals surface area contributed by atoms with E-state index in [0.717, 1.165) is 0 Å². The lowest BCUT2D eigenvalue weighted by molar-refractivity contribution is 0.225. The summed E-state index contributed by atoms with van der Waals surface area (Å²) in [6.45, 7) is 3.71. The molecule has 0 aromatic heterocycles. The summed E-state index contributed by atoms with van der Waals surface area (Å²) in [4.78, 5) is 0. The standard InChI is InChI=1S/C8H14NO4P/c1-3-12-14(11,13-4-2)8(7-10)5-6-9/h7,10H,3-5H2,1-2H3. The number of rotatable bonds is 6. The highest BCUT2D eigenvalue weighted by atomic mass is 31.2. The molecule has 0 amide bonds. The fourth-order valence-electron chi connectivity index (χ4n) is 0.837. The zero-order chi connectivity index (χ0) is 11.0. The van der Waals surface area contributed by atoms with Crippen LogP contribution < -0.4 is 0 Å². The summed E-state index contributed by atoms with van der Waals surface area (Å²) in [6, 6.07) is 1.78. The molecule has 5 nitrogen and oxygen atoms in total. The Morgan fingerprint density at radius 2 is 2.00 bits per heavy atom. The first-order valence-corrected chi connectivity index (χ1v) is 5.78. The van der Waals surface area contributed by atoms with Crippen molar-refractivity contribution >= 4 is 7.60 Å². The molecule has 0 bridgehead atoms. The quantitative estimate of drug-likeness (QED) is 0.548. The van der Waals surface area contributed by atoms with Gasteiger partial charge in [0.15, 0.2) is 0 Å². The van der Waals surface area contributed by atoms with Crippen molar-refractivity contribution < 1.29 is 18.7 Å². The molecule has 14 heavy (non-hydrogen) atoms. The molecular formula is C8H14NO4P. The summed E-state index contributed by atoms with van der Waals surface area (Å²) in [6.07, 6.45) is 0.448. The molecule has 0 aliphatic carbocycles. The fraction of sp³-hybridized carbons (Fsp3) is 0.625. The molecule has 0 spiro atoms. The van der Waals surface area contributed by atoms with Gasteiger partial charge < -0.3 is 14.2 Å². The molecule has 0 radical (unpaired) electrons. The molecular weight excluding hydrogens is 205 g/mol. The Morgan fingerprint density at radius 3 is 2.29 bits per heavy atom. The third-order valence-electron chi connectivity index (χ3n) is 1.36. The van der Waals surface area contributed by atoms with Gasteiger partial charge in [-0.15, -0.1) is 0 Å². The van der Waals surface area contributed by atoms with E-state index in [1.165, 1.54) is 0 Å². The van der Waals surface area contributed by atoms with Gasteiger partial charge in [-0.25, -0.2) is 0 Å². The van der Waals surface area contributed by atoms with E-state index in [-0.39, 0.29) is 24.9 Å². The minimum atomic E-state index is -3.46. The highest BCUT2D eigenvalue weighted by molar-refractivity contribution is 7.58. The summed E-state index contributed by atoms with van der Waals surface area (Å²) >= 11 is 0. The number of nitriles is 1. The highest BCUT2D eigenvalue weighted by Gasteiger charge is 2.29. The lowest BCUT2D eigenvalue weighted by atomic mass is 10.5. The molecule has 0 fully saturated rings. The second kappa shape index (κ2) is 6.61. The number of hydrogen-bond donors (Lipinski definition) is 1. The fourth-order valence-corrected chi connectivity index (χ4v) is 2.33. The Bertz CT molecular complexity index is 272. The summed E-state index contributed by atoms with van der Waals surface area (Å²) < 4.78 is 21.8. The smallest absolute Gasteiger partial charge is 0.361 e. The molecule has 0 atom stereocenters. The van der Waals surface area contributed by atoms with Crippen LogP contribution in [0.3, 0.4) is 0 Å². The summed E-state index contributed by atoms with van der Waals surface area (Å²) in [5.41, 5.74) is 0. The normalized spacial score (nSPS) is 12.5. The Hall–Kier alpha value is -0.820. The largest absolute Gasteiger partial charge is 0.515 e. The van der Waals surface area contributed by atoms with E-state index in [9.17, 15) is 4.57 Å². The van der Waals surface area contributed by atoms with Crippen LogP contribution in [-0.4, -0.2) is 18.3 Å². The Labute approximate surface area is 83.5 Å². The molecule has 0 saturated carbocycles. The number of aliphatic hydroxyl groups excluding tert-OH is 1. The van der Waals surface area contributed by atoms with Crippen molar-refractivity contribution in [3.63, 3.8) is 0 Å². The van der Waals surface area contributed by atoms with Crippen LogP contribution >= 0.6 is 7.60 Å². The van der Waals surface area contributed by atoms with E-state index >= 15 is 0 Å². The summed E-state index contributed by atoms with van der Waals surface area (Å²) in [5, 5.41) is 17.2. The van der Waals surface area contributed by atoms with Gasteiger partial charge in [0.2, 0.25) is 0 Å². The number of aliphatic hydroxyl groups is 1. The van der Waals surface area contributed by atoms with E-state index < -0.39 is 7.60 Å². The molecule has 0 aliphatic heterocycles. The van der Waals surface area contributed by atoms with Crippen LogP contribution in [0.4, 0.5) is 0 Å². The van der Waals surface area contributed by atoms with Crippen molar-refractivity contribution in [1.82, 2.24) is 0 Å². The molecule has 0 aliphatic rings. The van der Waals surface area contributed by atoms with E-state index in [1.54, 1.807) is 19.9 Å². The molecule has 0 aromatic carbocycles. The Kier molecular flexibility index (Phi) is 6.22. The van der Waals surface area contributed by atoms with E-state index in [0.29, 0.717) is 6.26 Å². The second-order valence-electron chi connectivity index (χ2n) is 2.29. The third kappa shape index (κ3) is 3.51. The Balaban J connectivity index is 4.79. The molecule has 0 aromatic rings. The zero-order valence-electron chi connectivity index (χ0n) is 8.27. The van der Waals surface area contributed by atoms with Crippen molar-refractivity contribution in [3.8, 4) is 6.07 Å². The van der Waals surface area contributed by atoms with Crippen molar-refractivity contribution in [2.75, 3.05) is 13.2 Å². The van der Waals surface area contributed by atoms with Crippen LogP contribution in [0.25, 0.3) is 0 Å². The van der Waals surface area contributed by atoms with Crippen molar-refractivity contribution in [1.29, 1.82) is 5.26 Å². The van der Waals surface area contributed by atoms with Crippen LogP contribution in [0.5, 0.6) is 0 Å². The maximum absolute atomic E-state index is 11.9. The van der Waals surface area contributed by atoms with E-state index in [2.05, 4.69) is 0 Å². The van der Waals surface area contributed by atoms with Gasteiger partial charge in [0.1, 0.15) is 0 Å². The monoisotopic (exact) mass is 219 g/mol. The summed E-state index contributed by atoms with van der Waals surface area (Å²) in [7, 11) is -3.46. The minimum Gasteiger partial charge on any atom is -0.515 e. The number of allylic oxidation sites excluding steroid dienone is 1. The lowest BCUT2D eigenvalue weighted by Gasteiger charge is -2.17. The average molecular weight is 219 g/mol. The highest BCUT2D eigenvalue weighted by Crippen LogP contribution is 2.56. The lowest BCUT2D eigenvalue weighted by Crippen LogP contribution is -1.98. The average Bonchev–Trinajstić information content (AvgIpc) is 2.14. The van der Waals surface area contributed by atoms with Crippen molar-refractivity contribution in [2.45, 2.75) is 20.3 Å². The third-order valence-corrected chi connectivity index (χ3v) is 3.53. The summed E-state index contributed by atoms with van der Waals surface area (Å²) in [5.74, 6) is 0. The van der Waals surface area contributed by atoms with Crippen LogP contribution in [0.2, 0.25) is 0 Å². The first-order valence-electron chi connectivity index (χ1n) is 4.24. The zero-order valence-corrected chi connectivity index (χ0v) is 9.16. The predicted octanol–water partition coefficient (Wildman–Crippen LogP) is 2.57. The van der Waals surface area contributed by atoms with Gasteiger partial charge in [-0.3, -0.25) is 4.57 Å². The van der Waals surface area contributed by atoms with Gasteiger partial charge in [-0.2, -0.15) is 5.26 Å². The van der Waals surface area contributed by atoms with Crippen LogP contribution in [0.1, 0.15) is 20.3 Å². The molecule has 1 N–H and O–H groups in total. The van der Waals surface area contributed by atoms with Gasteiger partial charge in [0.05, 0.1) is 37.3 Å². The van der Waals surface area contributed by atoms with Gasteiger partial charge in [-0.05, 0) is 13.8 Å². The van der Waals surface area contributed by atoms with Crippen LogP contribution in [0.15, 0.2) is 11.6 Å².